The summed E-state index contributed by atoms with van der Waals surface area (Å²) in [4.78, 5) is 2.22. The highest BCUT2D eigenvalue weighted by Crippen LogP contribution is 2.34. The van der Waals surface area contributed by atoms with E-state index in [4.69, 9.17) is 9.47 Å². The van der Waals surface area contributed by atoms with Gasteiger partial charge in [0.25, 0.3) is 0 Å². The highest BCUT2D eigenvalue weighted by atomic mass is 16.8. The lowest BCUT2D eigenvalue weighted by Gasteiger charge is -2.31. The summed E-state index contributed by atoms with van der Waals surface area (Å²) in [5.41, 5.74) is 0. The molecule has 10 heavy (non-hydrogen) atoms. The molecule has 2 heterocycles. The molecule has 2 aliphatic heterocycles. The van der Waals surface area contributed by atoms with Crippen molar-refractivity contribution in [3.05, 3.63) is 0 Å². The average Bonchev–Trinajstić information content (AvgIpc) is 2.62. The van der Waals surface area contributed by atoms with Crippen LogP contribution in [-0.4, -0.2) is 36.6 Å². The SMILES string of the molecule is CC1OC2OC2N(C)C1C. The number of morpholine rings is 1. The Bertz CT molecular complexity index is 149. The lowest BCUT2D eigenvalue weighted by Crippen LogP contribution is -2.46. The molecule has 0 aromatic heterocycles. The summed E-state index contributed by atoms with van der Waals surface area (Å²) in [5, 5.41) is 0. The number of rotatable bonds is 0. The first-order chi connectivity index (χ1) is 4.70. The summed E-state index contributed by atoms with van der Waals surface area (Å²) in [6, 6.07) is 0.476. The van der Waals surface area contributed by atoms with Crippen molar-refractivity contribution in [3.63, 3.8) is 0 Å². The van der Waals surface area contributed by atoms with E-state index in [-0.39, 0.29) is 12.5 Å². The average molecular weight is 143 g/mol. The number of likely N-dealkylation sites (N-methyl/N-ethyl adjacent to an activating group) is 1. The minimum Gasteiger partial charge on any atom is -0.344 e. The summed E-state index contributed by atoms with van der Waals surface area (Å²) < 4.78 is 10.7. The largest absolute Gasteiger partial charge is 0.344 e. The Morgan fingerprint density at radius 3 is 2.60 bits per heavy atom. The third-order valence-electron chi connectivity index (χ3n) is 2.50. The van der Waals surface area contributed by atoms with Crippen LogP contribution in [0, 0.1) is 0 Å². The first-order valence-corrected chi connectivity index (χ1v) is 3.73. The molecule has 2 rings (SSSR count). The van der Waals surface area contributed by atoms with Crippen molar-refractivity contribution < 1.29 is 9.47 Å². The van der Waals surface area contributed by atoms with Gasteiger partial charge in [0.1, 0.15) is 0 Å². The fourth-order valence-corrected chi connectivity index (χ4v) is 1.37. The third kappa shape index (κ3) is 0.779. The summed E-state index contributed by atoms with van der Waals surface area (Å²) >= 11 is 0. The van der Waals surface area contributed by atoms with E-state index in [1.54, 1.807) is 0 Å². The maximum Gasteiger partial charge on any atom is 0.200 e. The number of epoxide rings is 1. The number of hydrogen-bond acceptors (Lipinski definition) is 3. The Hall–Kier alpha value is -0.120. The van der Waals surface area contributed by atoms with Crippen LogP contribution in [0.4, 0.5) is 0 Å². The van der Waals surface area contributed by atoms with Crippen molar-refractivity contribution in [1.82, 2.24) is 4.90 Å². The van der Waals surface area contributed by atoms with Crippen LogP contribution < -0.4 is 0 Å². The number of nitrogens with zero attached hydrogens (tertiary/aromatic N) is 1. The molecule has 0 saturated carbocycles. The van der Waals surface area contributed by atoms with Gasteiger partial charge in [-0.1, -0.05) is 0 Å². The van der Waals surface area contributed by atoms with E-state index >= 15 is 0 Å². The van der Waals surface area contributed by atoms with E-state index in [1.807, 2.05) is 0 Å². The Balaban J connectivity index is 2.07. The van der Waals surface area contributed by atoms with E-state index in [1.165, 1.54) is 0 Å². The molecule has 2 aliphatic rings. The highest BCUT2D eigenvalue weighted by molar-refractivity contribution is 4.88. The van der Waals surface area contributed by atoms with Gasteiger partial charge in [0.15, 0.2) is 12.5 Å². The van der Waals surface area contributed by atoms with Gasteiger partial charge < -0.3 is 9.47 Å². The molecule has 0 bridgehead atoms. The molecule has 2 fully saturated rings. The van der Waals surface area contributed by atoms with Crippen molar-refractivity contribution in [2.75, 3.05) is 7.05 Å². The van der Waals surface area contributed by atoms with Crippen molar-refractivity contribution in [2.45, 2.75) is 38.5 Å². The van der Waals surface area contributed by atoms with Gasteiger partial charge >= 0.3 is 0 Å². The minimum absolute atomic E-state index is 0.0659. The topological polar surface area (TPSA) is 25.0 Å². The van der Waals surface area contributed by atoms with Gasteiger partial charge in [0.05, 0.1) is 6.10 Å². The third-order valence-corrected chi connectivity index (χ3v) is 2.50. The molecular weight excluding hydrogens is 130 g/mol. The second-order valence-corrected chi connectivity index (χ2v) is 3.14. The predicted molar refractivity (Wildman–Crippen MR) is 36.4 cm³/mol. The standard InChI is InChI=1S/C7H13NO2/c1-4-5(2)9-7-6(10-7)8(4)3/h4-7H,1-3H3. The van der Waals surface area contributed by atoms with E-state index in [0.29, 0.717) is 12.1 Å². The van der Waals surface area contributed by atoms with Gasteiger partial charge in [-0.3, -0.25) is 4.90 Å². The quantitative estimate of drug-likeness (QED) is 0.459. The van der Waals surface area contributed by atoms with Crippen LogP contribution in [0.1, 0.15) is 13.8 Å². The van der Waals surface area contributed by atoms with Crippen molar-refractivity contribution >= 4 is 0 Å². The van der Waals surface area contributed by atoms with Crippen molar-refractivity contribution in [2.24, 2.45) is 0 Å². The second kappa shape index (κ2) is 1.94. The zero-order valence-corrected chi connectivity index (χ0v) is 6.57. The van der Waals surface area contributed by atoms with Gasteiger partial charge in [-0.05, 0) is 20.9 Å². The molecule has 0 aliphatic carbocycles. The van der Waals surface area contributed by atoms with Crippen molar-refractivity contribution in [1.29, 1.82) is 0 Å². The molecule has 0 N–H and O–H groups in total. The molecule has 0 aromatic carbocycles. The molecule has 4 unspecified atom stereocenters. The van der Waals surface area contributed by atoms with Crippen molar-refractivity contribution in [3.8, 4) is 0 Å². The van der Waals surface area contributed by atoms with Gasteiger partial charge in [-0.15, -0.1) is 0 Å². The first-order valence-electron chi connectivity index (χ1n) is 3.73. The highest BCUT2D eigenvalue weighted by Gasteiger charge is 2.51. The fraction of sp³-hybridized carbons (Fsp3) is 1.00. The number of fused-ring (bicyclic) bond motifs is 1. The van der Waals surface area contributed by atoms with E-state index < -0.39 is 0 Å². The molecule has 0 aromatic rings. The predicted octanol–water partition coefficient (Wildman–Crippen LogP) is 0.408. The van der Waals surface area contributed by atoms with Gasteiger partial charge in [0.2, 0.25) is 0 Å². The second-order valence-electron chi connectivity index (χ2n) is 3.14. The lowest BCUT2D eigenvalue weighted by atomic mass is 10.1. The lowest BCUT2D eigenvalue weighted by molar-refractivity contribution is -0.0583. The fourth-order valence-electron chi connectivity index (χ4n) is 1.37. The maximum atomic E-state index is 5.48. The molecule has 3 nitrogen and oxygen atoms in total. The summed E-state index contributed by atoms with van der Waals surface area (Å²) in [6.45, 7) is 4.24. The summed E-state index contributed by atoms with van der Waals surface area (Å²) in [7, 11) is 2.08. The van der Waals surface area contributed by atoms with E-state index in [9.17, 15) is 0 Å². The Kier molecular flexibility index (Phi) is 1.27. The Morgan fingerprint density at radius 1 is 1.20 bits per heavy atom. The van der Waals surface area contributed by atoms with Crippen LogP contribution in [-0.2, 0) is 9.47 Å². The Morgan fingerprint density at radius 2 is 1.90 bits per heavy atom. The van der Waals surface area contributed by atoms with Gasteiger partial charge in [-0.2, -0.15) is 0 Å². The first kappa shape index (κ1) is 6.58. The molecule has 0 spiro atoms. The monoisotopic (exact) mass is 143 g/mol. The normalized spacial score (nSPS) is 54.3. The van der Waals surface area contributed by atoms with Crippen LogP contribution in [0.25, 0.3) is 0 Å². The Labute approximate surface area is 60.9 Å². The van der Waals surface area contributed by atoms with Crippen LogP contribution in [0.5, 0.6) is 0 Å². The molecule has 2 saturated heterocycles. The van der Waals surface area contributed by atoms with Crippen LogP contribution in [0.15, 0.2) is 0 Å². The van der Waals surface area contributed by atoms with Crippen LogP contribution >= 0.6 is 0 Å². The van der Waals surface area contributed by atoms with E-state index in [2.05, 4.69) is 25.8 Å². The summed E-state index contributed by atoms with van der Waals surface area (Å²) in [5.74, 6) is 0. The van der Waals surface area contributed by atoms with Crippen LogP contribution in [0.3, 0.4) is 0 Å². The minimum atomic E-state index is 0.0659. The summed E-state index contributed by atoms with van der Waals surface area (Å²) in [6.07, 6.45) is 0.608. The van der Waals surface area contributed by atoms with Crippen LogP contribution in [0.2, 0.25) is 0 Å². The molecule has 58 valence electrons. The van der Waals surface area contributed by atoms with E-state index in [0.717, 1.165) is 0 Å². The van der Waals surface area contributed by atoms with Gasteiger partial charge in [-0.25, -0.2) is 0 Å². The zero-order valence-electron chi connectivity index (χ0n) is 6.57. The molecule has 0 radical (unpaired) electrons. The number of hydrogen-bond donors (Lipinski definition) is 0. The molecule has 4 atom stereocenters. The number of ether oxygens (including phenoxy) is 2. The van der Waals surface area contributed by atoms with Gasteiger partial charge in [0, 0.05) is 6.04 Å². The maximum absolute atomic E-state index is 5.48. The molecular formula is C7H13NO2. The molecule has 0 amide bonds. The molecule has 3 heteroatoms. The zero-order chi connectivity index (χ0) is 7.30. The smallest absolute Gasteiger partial charge is 0.200 e.